The van der Waals surface area contributed by atoms with Gasteiger partial charge in [-0.25, -0.2) is 0 Å². The number of hydrogen-bond acceptors (Lipinski definition) is 3. The van der Waals surface area contributed by atoms with E-state index in [-0.39, 0.29) is 25.0 Å². The molecule has 3 rings (SSSR count). The van der Waals surface area contributed by atoms with Crippen LogP contribution in [0.15, 0.2) is 77.3 Å². The Morgan fingerprint density at radius 3 is 2.33 bits per heavy atom. The lowest BCUT2D eigenvalue weighted by atomic mass is 10.00. The number of nitrogens with zero attached hydrogens (tertiary/aromatic N) is 1. The first-order valence-electron chi connectivity index (χ1n) is 11.8. The second kappa shape index (κ2) is 12.4. The number of benzene rings is 3. The smallest absolute Gasteiger partial charge is 0.261 e. The summed E-state index contributed by atoms with van der Waals surface area (Å²) in [6.45, 7) is 7.81. The van der Waals surface area contributed by atoms with Gasteiger partial charge in [-0.2, -0.15) is 0 Å². The van der Waals surface area contributed by atoms with Gasteiger partial charge in [-0.15, -0.1) is 0 Å². The topological polar surface area (TPSA) is 58.6 Å². The maximum absolute atomic E-state index is 13.7. The van der Waals surface area contributed by atoms with Crippen molar-refractivity contribution in [2.24, 2.45) is 0 Å². The van der Waals surface area contributed by atoms with E-state index in [1.807, 2.05) is 82.3 Å². The van der Waals surface area contributed by atoms with Crippen molar-refractivity contribution in [1.82, 2.24) is 10.2 Å². The molecule has 3 aromatic carbocycles. The molecule has 0 fully saturated rings. The van der Waals surface area contributed by atoms with Crippen LogP contribution in [-0.2, 0) is 22.6 Å². The van der Waals surface area contributed by atoms with Crippen LogP contribution >= 0.6 is 27.5 Å². The zero-order chi connectivity index (χ0) is 26.3. The van der Waals surface area contributed by atoms with Gasteiger partial charge >= 0.3 is 0 Å². The Balaban J connectivity index is 1.95. The van der Waals surface area contributed by atoms with E-state index in [2.05, 4.69) is 21.2 Å². The molecule has 0 saturated carbocycles. The van der Waals surface area contributed by atoms with Crippen molar-refractivity contribution in [2.45, 2.75) is 52.2 Å². The Morgan fingerprint density at radius 1 is 1.03 bits per heavy atom. The molecule has 36 heavy (non-hydrogen) atoms. The van der Waals surface area contributed by atoms with Gasteiger partial charge in [0, 0.05) is 23.0 Å². The number of nitrogens with one attached hydrogen (secondary N) is 1. The van der Waals surface area contributed by atoms with E-state index in [1.54, 1.807) is 23.1 Å². The molecule has 7 heteroatoms. The van der Waals surface area contributed by atoms with Crippen molar-refractivity contribution >= 4 is 39.3 Å². The number of ether oxygens (including phenoxy) is 1. The molecule has 0 heterocycles. The second-order valence-electron chi connectivity index (χ2n) is 9.76. The average molecular weight is 572 g/mol. The molecule has 1 N–H and O–H groups in total. The first-order valence-corrected chi connectivity index (χ1v) is 13.0. The minimum absolute atomic E-state index is 0.213. The van der Waals surface area contributed by atoms with E-state index < -0.39 is 11.6 Å². The Hall–Kier alpha value is -2.83. The molecule has 0 aliphatic heterocycles. The lowest BCUT2D eigenvalue weighted by molar-refractivity contribution is -0.143. The first kappa shape index (κ1) is 27.8. The third-order valence-electron chi connectivity index (χ3n) is 5.62. The molecule has 3 aromatic rings. The predicted octanol–water partition coefficient (Wildman–Crippen LogP) is 6.34. The summed E-state index contributed by atoms with van der Waals surface area (Å²) in [6.07, 6.45) is 0.374. The summed E-state index contributed by atoms with van der Waals surface area (Å²) in [4.78, 5) is 28.9. The SMILES string of the molecule is Cc1ccccc1CN(C(=O)COc1ccc(Br)cc1Cl)C(Cc1ccccc1)C(=O)NC(C)(C)C. The van der Waals surface area contributed by atoms with Crippen LogP contribution in [0.4, 0.5) is 0 Å². The molecule has 0 radical (unpaired) electrons. The number of rotatable bonds is 9. The van der Waals surface area contributed by atoms with E-state index in [0.717, 1.165) is 21.2 Å². The lowest BCUT2D eigenvalue weighted by Gasteiger charge is -2.34. The van der Waals surface area contributed by atoms with Gasteiger partial charge in [0.05, 0.1) is 5.02 Å². The fourth-order valence-electron chi connectivity index (χ4n) is 3.79. The Morgan fingerprint density at radius 2 is 1.69 bits per heavy atom. The average Bonchev–Trinajstić information content (AvgIpc) is 2.81. The van der Waals surface area contributed by atoms with E-state index in [1.165, 1.54) is 0 Å². The van der Waals surface area contributed by atoms with Crippen LogP contribution in [0, 0.1) is 6.92 Å². The van der Waals surface area contributed by atoms with E-state index >= 15 is 0 Å². The number of hydrogen-bond donors (Lipinski definition) is 1. The van der Waals surface area contributed by atoms with Crippen LogP contribution in [0.2, 0.25) is 5.02 Å². The molecule has 2 amide bonds. The van der Waals surface area contributed by atoms with Gasteiger partial charge in [0.2, 0.25) is 5.91 Å². The van der Waals surface area contributed by atoms with Gasteiger partial charge in [-0.1, -0.05) is 82.1 Å². The lowest BCUT2D eigenvalue weighted by Crippen LogP contribution is -2.55. The standard InChI is InChI=1S/C29H32BrClN2O3/c1-20-10-8-9-13-22(20)18-33(27(34)19-36-26-15-14-23(30)17-24(26)31)25(28(35)32-29(2,3)4)16-21-11-6-5-7-12-21/h5-15,17,25H,16,18-19H2,1-4H3,(H,32,35). The third kappa shape index (κ3) is 8.10. The number of halogens is 2. The molecule has 190 valence electrons. The van der Waals surface area contributed by atoms with E-state index in [9.17, 15) is 9.59 Å². The summed E-state index contributed by atoms with van der Waals surface area (Å²) in [5, 5.41) is 3.46. The normalized spacial score (nSPS) is 12.1. The van der Waals surface area contributed by atoms with Gasteiger partial charge < -0.3 is 15.0 Å². The van der Waals surface area contributed by atoms with Gasteiger partial charge in [0.1, 0.15) is 11.8 Å². The van der Waals surface area contributed by atoms with E-state index in [0.29, 0.717) is 17.2 Å². The zero-order valence-corrected chi connectivity index (χ0v) is 23.4. The molecule has 1 unspecified atom stereocenters. The summed E-state index contributed by atoms with van der Waals surface area (Å²) in [6, 6.07) is 22.1. The largest absolute Gasteiger partial charge is 0.482 e. The molecule has 0 spiro atoms. The summed E-state index contributed by atoms with van der Waals surface area (Å²) < 4.78 is 6.62. The van der Waals surface area contributed by atoms with Crippen molar-refractivity contribution in [3.63, 3.8) is 0 Å². The van der Waals surface area contributed by atoms with Crippen LogP contribution in [0.1, 0.15) is 37.5 Å². The third-order valence-corrected chi connectivity index (χ3v) is 6.40. The van der Waals surface area contributed by atoms with Crippen LogP contribution in [0.5, 0.6) is 5.75 Å². The van der Waals surface area contributed by atoms with Crippen molar-refractivity contribution in [3.05, 3.63) is 99.0 Å². The number of carbonyl (C=O) groups is 2. The Kier molecular flexibility index (Phi) is 9.57. The quantitative estimate of drug-likeness (QED) is 0.326. The molecule has 0 aromatic heterocycles. The molecule has 1 atom stereocenters. The molecule has 0 bridgehead atoms. The van der Waals surface area contributed by atoms with Crippen LogP contribution in [0.3, 0.4) is 0 Å². The van der Waals surface area contributed by atoms with Crippen LogP contribution in [-0.4, -0.2) is 34.9 Å². The summed E-state index contributed by atoms with van der Waals surface area (Å²) >= 11 is 9.67. The van der Waals surface area contributed by atoms with Gasteiger partial charge in [-0.05, 0) is 62.6 Å². The molecular formula is C29H32BrClN2O3. The molecular weight excluding hydrogens is 540 g/mol. The predicted molar refractivity (Wildman–Crippen MR) is 148 cm³/mol. The highest BCUT2D eigenvalue weighted by atomic mass is 79.9. The summed E-state index contributed by atoms with van der Waals surface area (Å²) in [7, 11) is 0. The Labute approximate surface area is 226 Å². The molecule has 0 aliphatic rings. The number of amides is 2. The summed E-state index contributed by atoms with van der Waals surface area (Å²) in [5.41, 5.74) is 2.52. The van der Waals surface area contributed by atoms with Gasteiger partial charge in [0.15, 0.2) is 6.61 Å². The van der Waals surface area contributed by atoms with Crippen LogP contribution < -0.4 is 10.1 Å². The van der Waals surface area contributed by atoms with Crippen molar-refractivity contribution in [1.29, 1.82) is 0 Å². The zero-order valence-electron chi connectivity index (χ0n) is 21.1. The molecule has 0 aliphatic carbocycles. The summed E-state index contributed by atoms with van der Waals surface area (Å²) in [5.74, 6) is -0.111. The van der Waals surface area contributed by atoms with Gasteiger partial charge in [-0.3, -0.25) is 9.59 Å². The van der Waals surface area contributed by atoms with Crippen LogP contribution in [0.25, 0.3) is 0 Å². The molecule has 0 saturated heterocycles. The highest BCUT2D eigenvalue weighted by Gasteiger charge is 2.32. The highest BCUT2D eigenvalue weighted by molar-refractivity contribution is 9.10. The maximum Gasteiger partial charge on any atom is 0.261 e. The van der Waals surface area contributed by atoms with Crippen molar-refractivity contribution < 1.29 is 14.3 Å². The maximum atomic E-state index is 13.7. The first-order chi connectivity index (χ1) is 17.0. The second-order valence-corrected chi connectivity index (χ2v) is 11.1. The van der Waals surface area contributed by atoms with Gasteiger partial charge in [0.25, 0.3) is 5.91 Å². The number of carbonyl (C=O) groups excluding carboxylic acids is 2. The fourth-order valence-corrected chi connectivity index (χ4v) is 4.52. The number of aryl methyl sites for hydroxylation is 1. The minimum atomic E-state index is -0.734. The minimum Gasteiger partial charge on any atom is -0.482 e. The molecule has 5 nitrogen and oxygen atoms in total. The van der Waals surface area contributed by atoms with E-state index in [4.69, 9.17) is 16.3 Å². The van der Waals surface area contributed by atoms with Crippen molar-refractivity contribution in [2.75, 3.05) is 6.61 Å². The Bertz CT molecular complexity index is 1190. The van der Waals surface area contributed by atoms with Crippen molar-refractivity contribution in [3.8, 4) is 5.75 Å². The monoisotopic (exact) mass is 570 g/mol. The highest BCUT2D eigenvalue weighted by Crippen LogP contribution is 2.28. The fraction of sp³-hybridized carbons (Fsp3) is 0.310.